The van der Waals surface area contributed by atoms with Gasteiger partial charge in [0.05, 0.1) is 12.1 Å². The molecule has 0 heterocycles. The largest absolute Gasteiger partial charge is 0.507 e. The maximum atomic E-state index is 11.9. The highest BCUT2D eigenvalue weighted by molar-refractivity contribution is 6.01. The molecule has 0 unspecified atom stereocenters. The van der Waals surface area contributed by atoms with Gasteiger partial charge in [0.1, 0.15) is 5.75 Å². The molecule has 1 aliphatic rings. The molecule has 3 nitrogen and oxygen atoms in total. The van der Waals surface area contributed by atoms with Crippen molar-refractivity contribution in [3.05, 3.63) is 28.3 Å². The quantitative estimate of drug-likeness (QED) is 0.785. The van der Waals surface area contributed by atoms with Crippen LogP contribution < -0.4 is 5.32 Å². The number of hydrogen-bond donors (Lipinski definition) is 2. The van der Waals surface area contributed by atoms with Gasteiger partial charge in [-0.25, -0.2) is 0 Å². The number of likely N-dealkylation sites (N-methyl/N-ethyl adjacent to an activating group) is 1. The van der Waals surface area contributed by atoms with E-state index >= 15 is 0 Å². The molecule has 0 aliphatic heterocycles. The highest BCUT2D eigenvalue weighted by Gasteiger charge is 2.21. The molecular weight excluding hydrogens is 214 g/mol. The number of hydrogen-bond acceptors (Lipinski definition) is 3. The number of carbonyl (C=O) groups excluding carboxylic acids is 1. The molecule has 1 aromatic carbocycles. The van der Waals surface area contributed by atoms with Gasteiger partial charge in [0.15, 0.2) is 5.78 Å². The van der Waals surface area contributed by atoms with Crippen LogP contribution in [0.3, 0.4) is 0 Å². The van der Waals surface area contributed by atoms with E-state index in [-0.39, 0.29) is 18.1 Å². The lowest BCUT2D eigenvalue weighted by atomic mass is 9.85. The Balaban J connectivity index is 2.49. The van der Waals surface area contributed by atoms with E-state index in [0.717, 1.165) is 18.4 Å². The van der Waals surface area contributed by atoms with Crippen LogP contribution in [0.4, 0.5) is 0 Å². The van der Waals surface area contributed by atoms with Crippen LogP contribution in [0.2, 0.25) is 0 Å². The Morgan fingerprint density at radius 2 is 2.12 bits per heavy atom. The number of rotatable bonds is 3. The fourth-order valence-electron chi connectivity index (χ4n) is 2.70. The first-order valence-electron chi connectivity index (χ1n) is 6.17. The molecule has 3 heteroatoms. The summed E-state index contributed by atoms with van der Waals surface area (Å²) in [6.07, 6.45) is 4.40. The summed E-state index contributed by atoms with van der Waals surface area (Å²) in [4.78, 5) is 11.9. The highest BCUT2D eigenvalue weighted by Crippen LogP contribution is 2.32. The van der Waals surface area contributed by atoms with Crippen molar-refractivity contribution in [1.82, 2.24) is 5.32 Å². The number of ketones is 1. The van der Waals surface area contributed by atoms with E-state index < -0.39 is 0 Å². The standard InChI is InChI=1S/C14H19NO2/c1-9-11-6-4-3-5-10(11)7-12(16)14(9)13(17)8-15-2/h7,15-16H,3-6,8H2,1-2H3. The summed E-state index contributed by atoms with van der Waals surface area (Å²) < 4.78 is 0. The average Bonchev–Trinajstić information content (AvgIpc) is 2.29. The number of phenolic OH excluding ortho intramolecular Hbond substituents is 1. The van der Waals surface area contributed by atoms with Gasteiger partial charge in [0, 0.05) is 0 Å². The fourth-order valence-corrected chi connectivity index (χ4v) is 2.70. The molecule has 0 saturated carbocycles. The summed E-state index contributed by atoms with van der Waals surface area (Å²) in [5.74, 6) is 0.110. The van der Waals surface area contributed by atoms with Crippen molar-refractivity contribution < 1.29 is 9.90 Å². The van der Waals surface area contributed by atoms with Crippen molar-refractivity contribution in [3.8, 4) is 5.75 Å². The van der Waals surface area contributed by atoms with Crippen LogP contribution in [0.15, 0.2) is 6.07 Å². The van der Waals surface area contributed by atoms with Crippen LogP contribution in [0, 0.1) is 6.92 Å². The number of benzene rings is 1. The van der Waals surface area contributed by atoms with E-state index in [1.54, 1.807) is 13.1 Å². The van der Waals surface area contributed by atoms with Crippen molar-refractivity contribution in [1.29, 1.82) is 0 Å². The van der Waals surface area contributed by atoms with Crippen molar-refractivity contribution in [2.75, 3.05) is 13.6 Å². The zero-order chi connectivity index (χ0) is 12.4. The van der Waals surface area contributed by atoms with Gasteiger partial charge >= 0.3 is 0 Å². The predicted molar refractivity (Wildman–Crippen MR) is 67.7 cm³/mol. The van der Waals surface area contributed by atoms with E-state index in [9.17, 15) is 9.90 Å². The van der Waals surface area contributed by atoms with Gasteiger partial charge in [-0.15, -0.1) is 0 Å². The van der Waals surface area contributed by atoms with Gasteiger partial charge < -0.3 is 10.4 Å². The smallest absolute Gasteiger partial charge is 0.180 e. The molecule has 17 heavy (non-hydrogen) atoms. The maximum Gasteiger partial charge on any atom is 0.180 e. The number of aryl methyl sites for hydroxylation is 1. The average molecular weight is 233 g/mol. The first-order valence-corrected chi connectivity index (χ1v) is 6.17. The van der Waals surface area contributed by atoms with Crippen LogP contribution in [-0.4, -0.2) is 24.5 Å². The van der Waals surface area contributed by atoms with Gasteiger partial charge in [-0.2, -0.15) is 0 Å². The van der Waals surface area contributed by atoms with Gasteiger partial charge in [-0.1, -0.05) is 0 Å². The van der Waals surface area contributed by atoms with Crippen LogP contribution in [0.5, 0.6) is 5.75 Å². The molecular formula is C14H19NO2. The molecule has 0 aromatic heterocycles. The summed E-state index contributed by atoms with van der Waals surface area (Å²) in [6.45, 7) is 2.22. The Labute approximate surface area is 102 Å². The minimum Gasteiger partial charge on any atom is -0.507 e. The van der Waals surface area contributed by atoms with E-state index in [4.69, 9.17) is 0 Å². The number of phenols is 1. The number of carbonyl (C=O) groups is 1. The lowest BCUT2D eigenvalue weighted by Gasteiger charge is -2.21. The molecule has 2 rings (SSSR count). The summed E-state index contributed by atoms with van der Waals surface area (Å²) in [5.41, 5.74) is 3.96. The lowest BCUT2D eigenvalue weighted by molar-refractivity contribution is 0.0990. The molecule has 0 amide bonds. The first-order chi connectivity index (χ1) is 8.15. The second kappa shape index (κ2) is 4.88. The van der Waals surface area contributed by atoms with Crippen LogP contribution >= 0.6 is 0 Å². The maximum absolute atomic E-state index is 11.9. The van der Waals surface area contributed by atoms with Crippen molar-refractivity contribution in [2.45, 2.75) is 32.6 Å². The molecule has 0 radical (unpaired) electrons. The Bertz CT molecular complexity index is 452. The molecule has 0 fully saturated rings. The predicted octanol–water partition coefficient (Wildman–Crippen LogP) is 1.98. The third-order valence-corrected chi connectivity index (χ3v) is 3.52. The first kappa shape index (κ1) is 12.1. The monoisotopic (exact) mass is 233 g/mol. The third-order valence-electron chi connectivity index (χ3n) is 3.52. The molecule has 0 atom stereocenters. The van der Waals surface area contributed by atoms with Crippen molar-refractivity contribution in [3.63, 3.8) is 0 Å². The molecule has 0 saturated heterocycles. The lowest BCUT2D eigenvalue weighted by Crippen LogP contribution is -2.20. The molecule has 1 aromatic rings. The van der Waals surface area contributed by atoms with Crippen LogP contribution in [0.25, 0.3) is 0 Å². The SMILES string of the molecule is CNCC(=O)c1c(O)cc2c(c1C)CCCC2. The molecule has 2 N–H and O–H groups in total. The minimum atomic E-state index is -0.0316. The van der Waals surface area contributed by atoms with E-state index in [2.05, 4.69) is 5.32 Å². The Kier molecular flexibility index (Phi) is 3.48. The summed E-state index contributed by atoms with van der Waals surface area (Å²) in [6, 6.07) is 1.78. The van der Waals surface area contributed by atoms with E-state index in [1.807, 2.05) is 6.92 Å². The Morgan fingerprint density at radius 1 is 1.41 bits per heavy atom. The van der Waals surface area contributed by atoms with Crippen molar-refractivity contribution >= 4 is 5.78 Å². The number of fused-ring (bicyclic) bond motifs is 1. The van der Waals surface area contributed by atoms with E-state index in [0.29, 0.717) is 5.56 Å². The number of Topliss-reactive ketones (excluding diaryl/α,β-unsaturated/α-hetero) is 1. The number of nitrogens with one attached hydrogen (secondary N) is 1. The molecule has 0 spiro atoms. The summed E-state index contributed by atoms with van der Waals surface area (Å²) in [5, 5.41) is 12.8. The van der Waals surface area contributed by atoms with Gasteiger partial charge in [-0.3, -0.25) is 4.79 Å². The fraction of sp³-hybridized carbons (Fsp3) is 0.500. The van der Waals surface area contributed by atoms with Gasteiger partial charge in [0.25, 0.3) is 0 Å². The molecule has 0 bridgehead atoms. The van der Waals surface area contributed by atoms with Crippen molar-refractivity contribution in [2.24, 2.45) is 0 Å². The highest BCUT2D eigenvalue weighted by atomic mass is 16.3. The Morgan fingerprint density at radius 3 is 2.82 bits per heavy atom. The second-order valence-corrected chi connectivity index (χ2v) is 4.69. The Hall–Kier alpha value is -1.35. The normalized spacial score (nSPS) is 14.5. The topological polar surface area (TPSA) is 49.3 Å². The summed E-state index contributed by atoms with van der Waals surface area (Å²) in [7, 11) is 1.74. The van der Waals surface area contributed by atoms with Gasteiger partial charge in [0.2, 0.25) is 0 Å². The van der Waals surface area contributed by atoms with Crippen LogP contribution in [0.1, 0.15) is 39.9 Å². The van der Waals surface area contributed by atoms with E-state index in [1.165, 1.54) is 24.0 Å². The minimum absolute atomic E-state index is 0.0316. The third kappa shape index (κ3) is 2.20. The van der Waals surface area contributed by atoms with Crippen LogP contribution in [-0.2, 0) is 12.8 Å². The van der Waals surface area contributed by atoms with Gasteiger partial charge in [-0.05, 0) is 62.4 Å². The zero-order valence-electron chi connectivity index (χ0n) is 10.5. The zero-order valence-corrected chi connectivity index (χ0v) is 10.5. The molecule has 1 aliphatic carbocycles. The number of aromatic hydroxyl groups is 1. The molecule has 92 valence electrons. The summed E-state index contributed by atoms with van der Waals surface area (Å²) >= 11 is 0. The second-order valence-electron chi connectivity index (χ2n) is 4.69.